The van der Waals surface area contributed by atoms with Crippen molar-refractivity contribution in [1.82, 2.24) is 14.9 Å². The number of halogens is 1. The average Bonchev–Trinajstić information content (AvgIpc) is 2.75. The van der Waals surface area contributed by atoms with Crippen molar-refractivity contribution >= 4 is 11.7 Å². The number of ether oxygens (including phenoxy) is 1. The molecule has 1 aromatic heterocycles. The second kappa shape index (κ2) is 8.36. The van der Waals surface area contributed by atoms with Gasteiger partial charge in [0.25, 0.3) is 5.56 Å². The largest absolute Gasteiger partial charge is 0.494 e. The highest BCUT2D eigenvalue weighted by Crippen LogP contribution is 2.21. The van der Waals surface area contributed by atoms with E-state index in [4.69, 9.17) is 4.74 Å². The first-order chi connectivity index (χ1) is 14.5. The van der Waals surface area contributed by atoms with E-state index in [9.17, 15) is 14.0 Å². The number of H-pyrrole nitrogens is 1. The highest BCUT2D eigenvalue weighted by Gasteiger charge is 2.24. The summed E-state index contributed by atoms with van der Waals surface area (Å²) in [5, 5.41) is 2.85. The number of hydrogen-bond donors (Lipinski definition) is 2. The monoisotopic (exact) mass is 408 g/mol. The van der Waals surface area contributed by atoms with Crippen molar-refractivity contribution in [3.63, 3.8) is 0 Å². The van der Waals surface area contributed by atoms with E-state index < -0.39 is 0 Å². The van der Waals surface area contributed by atoms with Crippen LogP contribution < -0.4 is 15.6 Å². The molecule has 2 aromatic carbocycles. The number of aromatic nitrogens is 2. The molecule has 1 aliphatic heterocycles. The summed E-state index contributed by atoms with van der Waals surface area (Å²) in [5.41, 5.74) is 2.15. The van der Waals surface area contributed by atoms with Gasteiger partial charge in [-0.05, 0) is 61.9 Å². The zero-order chi connectivity index (χ0) is 21.1. The van der Waals surface area contributed by atoms with Gasteiger partial charge in [-0.1, -0.05) is 0 Å². The third-order valence-corrected chi connectivity index (χ3v) is 4.89. The number of benzene rings is 2. The smallest absolute Gasteiger partial charge is 0.322 e. The van der Waals surface area contributed by atoms with Crippen LogP contribution in [0.4, 0.5) is 14.9 Å². The fourth-order valence-electron chi connectivity index (χ4n) is 3.36. The van der Waals surface area contributed by atoms with E-state index in [1.807, 2.05) is 6.92 Å². The Labute approximate surface area is 172 Å². The summed E-state index contributed by atoms with van der Waals surface area (Å²) in [4.78, 5) is 34.1. The van der Waals surface area contributed by atoms with E-state index in [1.54, 1.807) is 41.3 Å². The van der Waals surface area contributed by atoms with E-state index in [1.165, 1.54) is 12.1 Å². The molecule has 0 atom stereocenters. The van der Waals surface area contributed by atoms with Gasteiger partial charge in [0.15, 0.2) is 0 Å². The standard InChI is InChI=1S/C22H21FN4O3/c1-2-30-17-9-7-16(8-10-17)24-22(29)27-12-11-18-19(13-27)25-20(26-21(18)28)14-3-5-15(23)6-4-14/h3-10H,2,11-13H2,1H3,(H,24,29)(H,25,26,28). The van der Waals surface area contributed by atoms with E-state index in [0.29, 0.717) is 47.9 Å². The van der Waals surface area contributed by atoms with Crippen molar-refractivity contribution in [3.8, 4) is 17.1 Å². The van der Waals surface area contributed by atoms with Gasteiger partial charge >= 0.3 is 6.03 Å². The van der Waals surface area contributed by atoms with Crippen LogP contribution in [-0.4, -0.2) is 34.1 Å². The highest BCUT2D eigenvalue weighted by atomic mass is 19.1. The van der Waals surface area contributed by atoms with Gasteiger partial charge < -0.3 is 19.9 Å². The van der Waals surface area contributed by atoms with Crippen molar-refractivity contribution in [3.05, 3.63) is 76.0 Å². The Balaban J connectivity index is 1.51. The third-order valence-electron chi connectivity index (χ3n) is 4.89. The lowest BCUT2D eigenvalue weighted by atomic mass is 10.1. The zero-order valence-electron chi connectivity index (χ0n) is 16.4. The van der Waals surface area contributed by atoms with Gasteiger partial charge in [-0.15, -0.1) is 0 Å². The lowest BCUT2D eigenvalue weighted by Gasteiger charge is -2.28. The van der Waals surface area contributed by atoms with Crippen LogP contribution >= 0.6 is 0 Å². The first kappa shape index (κ1) is 19.6. The number of nitrogens with zero attached hydrogens (tertiary/aromatic N) is 2. The van der Waals surface area contributed by atoms with Crippen LogP contribution in [0.15, 0.2) is 53.3 Å². The van der Waals surface area contributed by atoms with Gasteiger partial charge in [-0.3, -0.25) is 4.79 Å². The van der Waals surface area contributed by atoms with Gasteiger partial charge in [0, 0.05) is 23.4 Å². The maximum atomic E-state index is 13.2. The van der Waals surface area contributed by atoms with E-state index in [2.05, 4.69) is 15.3 Å². The summed E-state index contributed by atoms with van der Waals surface area (Å²) >= 11 is 0. The molecular formula is C22H21FN4O3. The second-order valence-electron chi connectivity index (χ2n) is 6.91. The summed E-state index contributed by atoms with van der Waals surface area (Å²) < 4.78 is 18.6. The van der Waals surface area contributed by atoms with Gasteiger partial charge in [0.05, 0.1) is 18.8 Å². The Morgan fingerprint density at radius 3 is 2.63 bits per heavy atom. The molecule has 154 valence electrons. The molecule has 0 saturated heterocycles. The summed E-state index contributed by atoms with van der Waals surface area (Å²) in [6.07, 6.45) is 0.415. The average molecular weight is 408 g/mol. The van der Waals surface area contributed by atoms with Crippen molar-refractivity contribution in [2.24, 2.45) is 0 Å². The maximum absolute atomic E-state index is 13.2. The second-order valence-corrected chi connectivity index (χ2v) is 6.91. The number of rotatable bonds is 4. The summed E-state index contributed by atoms with van der Waals surface area (Å²) in [7, 11) is 0. The predicted molar refractivity (Wildman–Crippen MR) is 111 cm³/mol. The molecule has 0 spiro atoms. The molecule has 0 unspecified atom stereocenters. The Hall–Kier alpha value is -3.68. The fourth-order valence-corrected chi connectivity index (χ4v) is 3.36. The van der Waals surface area contributed by atoms with Crippen LogP contribution in [0.3, 0.4) is 0 Å². The minimum absolute atomic E-state index is 0.219. The number of nitrogens with one attached hydrogen (secondary N) is 2. The number of hydrogen-bond acceptors (Lipinski definition) is 4. The molecule has 2 N–H and O–H groups in total. The summed E-state index contributed by atoms with van der Waals surface area (Å²) in [6.45, 7) is 3.11. The normalized spacial score (nSPS) is 12.9. The highest BCUT2D eigenvalue weighted by molar-refractivity contribution is 5.89. The molecule has 3 aromatic rings. The number of aromatic amines is 1. The number of anilines is 1. The van der Waals surface area contributed by atoms with Crippen LogP contribution in [0.25, 0.3) is 11.4 Å². The number of urea groups is 1. The summed E-state index contributed by atoms with van der Waals surface area (Å²) in [5.74, 6) is 0.725. The molecule has 30 heavy (non-hydrogen) atoms. The Morgan fingerprint density at radius 1 is 1.20 bits per heavy atom. The van der Waals surface area contributed by atoms with Crippen LogP contribution in [0.1, 0.15) is 18.2 Å². The predicted octanol–water partition coefficient (Wildman–Crippen LogP) is 3.56. The van der Waals surface area contributed by atoms with Crippen molar-refractivity contribution in [1.29, 1.82) is 0 Å². The van der Waals surface area contributed by atoms with E-state index in [-0.39, 0.29) is 24.0 Å². The quantitative estimate of drug-likeness (QED) is 0.691. The minimum Gasteiger partial charge on any atom is -0.494 e. The third kappa shape index (κ3) is 4.17. The first-order valence-corrected chi connectivity index (χ1v) is 9.70. The minimum atomic E-state index is -0.365. The molecule has 8 heteroatoms. The SMILES string of the molecule is CCOc1ccc(NC(=O)N2CCc3c(nc(-c4ccc(F)cc4)[nH]c3=O)C2)cc1. The van der Waals surface area contributed by atoms with Gasteiger partial charge in [0.1, 0.15) is 17.4 Å². The molecule has 2 heterocycles. The molecular weight excluding hydrogens is 387 g/mol. The molecule has 0 fully saturated rings. The van der Waals surface area contributed by atoms with Crippen LogP contribution in [0.2, 0.25) is 0 Å². The van der Waals surface area contributed by atoms with Crippen LogP contribution in [-0.2, 0) is 13.0 Å². The van der Waals surface area contributed by atoms with Crippen LogP contribution in [0.5, 0.6) is 5.75 Å². The Bertz CT molecular complexity index is 1110. The molecule has 4 rings (SSSR count). The number of amides is 2. The first-order valence-electron chi connectivity index (χ1n) is 9.70. The Kier molecular flexibility index (Phi) is 5.47. The van der Waals surface area contributed by atoms with E-state index >= 15 is 0 Å². The molecule has 0 saturated carbocycles. The number of carbonyl (C=O) groups excluding carboxylic acids is 1. The summed E-state index contributed by atoms with van der Waals surface area (Å²) in [6, 6.07) is 12.6. The van der Waals surface area contributed by atoms with Crippen LogP contribution in [0, 0.1) is 5.82 Å². The molecule has 0 radical (unpaired) electrons. The van der Waals surface area contributed by atoms with Gasteiger partial charge in [-0.2, -0.15) is 0 Å². The topological polar surface area (TPSA) is 87.3 Å². The lowest BCUT2D eigenvalue weighted by molar-refractivity contribution is 0.205. The zero-order valence-corrected chi connectivity index (χ0v) is 16.4. The maximum Gasteiger partial charge on any atom is 0.322 e. The van der Waals surface area contributed by atoms with Crippen molar-refractivity contribution in [2.45, 2.75) is 19.9 Å². The van der Waals surface area contributed by atoms with Crippen molar-refractivity contribution in [2.75, 3.05) is 18.5 Å². The molecule has 2 amide bonds. The molecule has 1 aliphatic rings. The fraction of sp³-hybridized carbons (Fsp3) is 0.227. The molecule has 0 aliphatic carbocycles. The van der Waals surface area contributed by atoms with E-state index in [0.717, 1.165) is 5.75 Å². The van der Waals surface area contributed by atoms with Gasteiger partial charge in [-0.25, -0.2) is 14.2 Å². The molecule has 0 bridgehead atoms. The van der Waals surface area contributed by atoms with Crippen molar-refractivity contribution < 1.29 is 13.9 Å². The molecule has 7 nitrogen and oxygen atoms in total. The number of carbonyl (C=O) groups is 1. The Morgan fingerprint density at radius 2 is 1.93 bits per heavy atom. The van der Waals surface area contributed by atoms with Gasteiger partial charge in [0.2, 0.25) is 0 Å². The lowest BCUT2D eigenvalue weighted by Crippen LogP contribution is -2.41. The number of fused-ring (bicyclic) bond motifs is 1.